The largest absolute Gasteiger partial charge is 0.369 e. The Hall–Kier alpha value is -0.530. The van der Waals surface area contributed by atoms with Gasteiger partial charge < -0.3 is 5.73 Å². The van der Waals surface area contributed by atoms with Gasteiger partial charge in [0.05, 0.1) is 5.41 Å². The van der Waals surface area contributed by atoms with Crippen LogP contribution in [-0.4, -0.2) is 5.91 Å². The number of carbonyl (C=O) groups excluding carboxylic acids is 1. The van der Waals surface area contributed by atoms with E-state index in [0.717, 1.165) is 24.7 Å². The molecule has 0 spiro atoms. The third kappa shape index (κ3) is 0.945. The third-order valence-corrected chi connectivity index (χ3v) is 5.24. The molecular weight excluding hydrogens is 174 g/mol. The van der Waals surface area contributed by atoms with Crippen LogP contribution in [0.15, 0.2) is 0 Å². The maximum absolute atomic E-state index is 11.7. The van der Waals surface area contributed by atoms with Crippen molar-refractivity contribution in [1.82, 2.24) is 0 Å². The lowest BCUT2D eigenvalue weighted by atomic mass is 9.56. The molecule has 0 radical (unpaired) electrons. The van der Waals surface area contributed by atoms with Crippen molar-refractivity contribution in [3.63, 3.8) is 0 Å². The Morgan fingerprint density at radius 1 is 1.21 bits per heavy atom. The van der Waals surface area contributed by atoms with E-state index in [-0.39, 0.29) is 11.3 Å². The van der Waals surface area contributed by atoms with E-state index in [1.54, 1.807) is 0 Å². The standard InChI is InChI=1S/C12H19NO/c13-11(14)12-5-1-2-9(7-12)8-3-4-10(12)6-8/h8-10H,1-7H2,(H2,13,14). The van der Waals surface area contributed by atoms with Gasteiger partial charge in [-0.2, -0.15) is 0 Å². The highest BCUT2D eigenvalue weighted by Crippen LogP contribution is 2.60. The first-order valence-electron chi connectivity index (χ1n) is 6.02. The summed E-state index contributed by atoms with van der Waals surface area (Å²) in [5, 5.41) is 0. The fraction of sp³-hybridized carbons (Fsp3) is 0.917. The van der Waals surface area contributed by atoms with Crippen LogP contribution in [-0.2, 0) is 4.79 Å². The summed E-state index contributed by atoms with van der Waals surface area (Å²) in [5.74, 6) is 2.41. The van der Waals surface area contributed by atoms with Crippen LogP contribution in [0.2, 0.25) is 0 Å². The van der Waals surface area contributed by atoms with Gasteiger partial charge in [0, 0.05) is 0 Å². The van der Waals surface area contributed by atoms with Gasteiger partial charge in [0.1, 0.15) is 0 Å². The monoisotopic (exact) mass is 193 g/mol. The number of primary amides is 1. The zero-order valence-corrected chi connectivity index (χ0v) is 8.67. The summed E-state index contributed by atoms with van der Waals surface area (Å²) in [6.07, 6.45) is 8.73. The highest BCUT2D eigenvalue weighted by Gasteiger charge is 2.55. The summed E-state index contributed by atoms with van der Waals surface area (Å²) in [5.41, 5.74) is 5.58. The average molecular weight is 193 g/mol. The Bertz CT molecular complexity index is 275. The summed E-state index contributed by atoms with van der Waals surface area (Å²) >= 11 is 0. The number of carbonyl (C=O) groups is 1. The van der Waals surface area contributed by atoms with Crippen LogP contribution in [0, 0.1) is 23.2 Å². The fourth-order valence-electron chi connectivity index (χ4n) is 4.50. The Morgan fingerprint density at radius 2 is 2.07 bits per heavy atom. The van der Waals surface area contributed by atoms with E-state index < -0.39 is 0 Å². The Balaban J connectivity index is 1.99. The minimum absolute atomic E-state index is 0.00699. The summed E-state index contributed by atoms with van der Waals surface area (Å²) in [6.45, 7) is 0. The minimum atomic E-state index is -0.0735. The van der Waals surface area contributed by atoms with Crippen molar-refractivity contribution >= 4 is 5.91 Å². The molecule has 3 fully saturated rings. The van der Waals surface area contributed by atoms with Crippen molar-refractivity contribution in [3.05, 3.63) is 0 Å². The predicted octanol–water partition coefficient (Wildman–Crippen LogP) is 2.08. The summed E-state index contributed by atoms with van der Waals surface area (Å²) in [4.78, 5) is 11.7. The number of hydrogen-bond donors (Lipinski definition) is 1. The predicted molar refractivity (Wildman–Crippen MR) is 54.4 cm³/mol. The molecule has 4 atom stereocenters. The first-order chi connectivity index (χ1) is 6.72. The lowest BCUT2D eigenvalue weighted by Crippen LogP contribution is -2.49. The molecule has 1 amide bonds. The maximum atomic E-state index is 11.7. The number of rotatable bonds is 1. The molecule has 0 aromatic carbocycles. The summed E-state index contributed by atoms with van der Waals surface area (Å²) in [7, 11) is 0. The second-order valence-electron chi connectivity index (χ2n) is 5.65. The molecule has 3 aliphatic rings. The van der Waals surface area contributed by atoms with E-state index in [0.29, 0.717) is 5.92 Å². The molecule has 14 heavy (non-hydrogen) atoms. The van der Waals surface area contributed by atoms with Crippen LogP contribution in [0.5, 0.6) is 0 Å². The molecule has 0 aliphatic heterocycles. The lowest BCUT2D eigenvalue weighted by molar-refractivity contribution is -0.137. The topological polar surface area (TPSA) is 43.1 Å². The molecule has 3 saturated carbocycles. The minimum Gasteiger partial charge on any atom is -0.369 e. The molecule has 0 aromatic rings. The van der Waals surface area contributed by atoms with E-state index in [9.17, 15) is 4.79 Å². The molecule has 0 saturated heterocycles. The number of hydrogen-bond acceptors (Lipinski definition) is 1. The zero-order chi connectivity index (χ0) is 9.76. The first-order valence-corrected chi connectivity index (χ1v) is 6.02. The van der Waals surface area contributed by atoms with Crippen molar-refractivity contribution in [1.29, 1.82) is 0 Å². The summed E-state index contributed by atoms with van der Waals surface area (Å²) in [6, 6.07) is 0. The molecule has 0 aromatic heterocycles. The first kappa shape index (κ1) is 8.75. The Kier molecular flexibility index (Phi) is 1.71. The van der Waals surface area contributed by atoms with Gasteiger partial charge in [-0.15, -0.1) is 0 Å². The average Bonchev–Trinajstić information content (AvgIpc) is 2.62. The van der Waals surface area contributed by atoms with Crippen molar-refractivity contribution in [3.8, 4) is 0 Å². The second kappa shape index (κ2) is 2.74. The van der Waals surface area contributed by atoms with Crippen LogP contribution in [0.3, 0.4) is 0 Å². The zero-order valence-electron chi connectivity index (χ0n) is 8.67. The lowest BCUT2D eigenvalue weighted by Gasteiger charge is -2.47. The van der Waals surface area contributed by atoms with Crippen molar-refractivity contribution in [2.45, 2.75) is 44.9 Å². The molecule has 2 heteroatoms. The number of nitrogens with two attached hydrogens (primary N) is 1. The normalized spacial score (nSPS) is 50.4. The highest BCUT2D eigenvalue weighted by atomic mass is 16.1. The van der Waals surface area contributed by atoms with Crippen LogP contribution >= 0.6 is 0 Å². The van der Waals surface area contributed by atoms with E-state index >= 15 is 0 Å². The molecule has 4 bridgehead atoms. The highest BCUT2D eigenvalue weighted by molar-refractivity contribution is 5.81. The Labute approximate surface area is 85.2 Å². The maximum Gasteiger partial charge on any atom is 0.223 e. The van der Waals surface area contributed by atoms with E-state index in [1.165, 1.54) is 32.1 Å². The van der Waals surface area contributed by atoms with Crippen molar-refractivity contribution in [2.75, 3.05) is 0 Å². The summed E-state index contributed by atoms with van der Waals surface area (Å²) < 4.78 is 0. The quantitative estimate of drug-likeness (QED) is 0.680. The van der Waals surface area contributed by atoms with Crippen LogP contribution in [0.25, 0.3) is 0 Å². The van der Waals surface area contributed by atoms with E-state index in [1.807, 2.05) is 0 Å². The van der Waals surface area contributed by atoms with Gasteiger partial charge in [-0.05, 0) is 49.9 Å². The molecule has 78 valence electrons. The van der Waals surface area contributed by atoms with Gasteiger partial charge in [0.2, 0.25) is 5.91 Å². The van der Waals surface area contributed by atoms with Gasteiger partial charge in [0.15, 0.2) is 0 Å². The second-order valence-corrected chi connectivity index (χ2v) is 5.65. The Morgan fingerprint density at radius 3 is 2.86 bits per heavy atom. The smallest absolute Gasteiger partial charge is 0.223 e. The fourth-order valence-corrected chi connectivity index (χ4v) is 4.50. The number of amides is 1. The number of fused-ring (bicyclic) bond motifs is 6. The van der Waals surface area contributed by atoms with Crippen LogP contribution in [0.4, 0.5) is 0 Å². The SMILES string of the molecule is NC(=O)C12CCCC(C1)C1CCC2C1. The van der Waals surface area contributed by atoms with E-state index in [2.05, 4.69) is 0 Å². The molecule has 0 heterocycles. The van der Waals surface area contributed by atoms with Crippen molar-refractivity contribution < 1.29 is 4.79 Å². The molecule has 3 aliphatic carbocycles. The van der Waals surface area contributed by atoms with Crippen LogP contribution in [0.1, 0.15) is 44.9 Å². The molecular formula is C12H19NO. The van der Waals surface area contributed by atoms with Crippen LogP contribution < -0.4 is 5.73 Å². The van der Waals surface area contributed by atoms with Gasteiger partial charge in [-0.3, -0.25) is 4.79 Å². The molecule has 2 nitrogen and oxygen atoms in total. The molecule has 2 N–H and O–H groups in total. The van der Waals surface area contributed by atoms with Crippen molar-refractivity contribution in [2.24, 2.45) is 28.9 Å². The van der Waals surface area contributed by atoms with Gasteiger partial charge in [0.25, 0.3) is 0 Å². The molecule has 4 unspecified atom stereocenters. The van der Waals surface area contributed by atoms with Gasteiger partial charge in [-0.1, -0.05) is 12.8 Å². The molecule has 3 rings (SSSR count). The van der Waals surface area contributed by atoms with Gasteiger partial charge >= 0.3 is 0 Å². The van der Waals surface area contributed by atoms with Gasteiger partial charge in [-0.25, -0.2) is 0 Å². The third-order valence-electron chi connectivity index (χ3n) is 5.24. The van der Waals surface area contributed by atoms with E-state index in [4.69, 9.17) is 5.73 Å².